The van der Waals surface area contributed by atoms with Gasteiger partial charge in [0.15, 0.2) is 5.79 Å². The predicted molar refractivity (Wildman–Crippen MR) is 189 cm³/mol. The summed E-state index contributed by atoms with van der Waals surface area (Å²) in [5, 5.41) is 12.7. The molecule has 2 N–H and O–H groups in total. The molecule has 1 aliphatic heterocycles. The fraction of sp³-hybridized carbons (Fsp3) is 0.400. The fourth-order valence-electron chi connectivity index (χ4n) is 6.33. The minimum atomic E-state index is -1.04. The zero-order valence-electron chi connectivity index (χ0n) is 34.0. The molecule has 0 radical (unpaired) electrons. The number of aromatic nitrogens is 1. The third kappa shape index (κ3) is 8.96. The van der Waals surface area contributed by atoms with Gasteiger partial charge in [0.1, 0.15) is 17.2 Å². The lowest BCUT2D eigenvalue weighted by atomic mass is 9.94. The van der Waals surface area contributed by atoms with Crippen LogP contribution in [0.3, 0.4) is 0 Å². The summed E-state index contributed by atoms with van der Waals surface area (Å²) < 4.78 is 77.6. The van der Waals surface area contributed by atoms with Gasteiger partial charge >= 0.3 is 5.97 Å². The van der Waals surface area contributed by atoms with Crippen LogP contribution in [0.15, 0.2) is 78.7 Å². The second-order valence-corrected chi connectivity index (χ2v) is 14.0. The van der Waals surface area contributed by atoms with E-state index < -0.39 is 71.5 Å². The number of benzene rings is 3. The predicted octanol–water partition coefficient (Wildman–Crippen LogP) is 9.07. The molecule has 1 aromatic heterocycles. The number of carbonyl (C=O) groups excluding carboxylic acids is 2. The molecule has 1 saturated heterocycles. The van der Waals surface area contributed by atoms with Gasteiger partial charge in [-0.2, -0.15) is 0 Å². The van der Waals surface area contributed by atoms with Gasteiger partial charge in [0.2, 0.25) is 0 Å². The Morgan fingerprint density at radius 1 is 1.02 bits per heavy atom. The van der Waals surface area contributed by atoms with Crippen molar-refractivity contribution < 1.29 is 40.2 Å². The van der Waals surface area contributed by atoms with Crippen LogP contribution in [0, 0.1) is 5.82 Å². The molecule has 2 heterocycles. The summed E-state index contributed by atoms with van der Waals surface area (Å²) in [4.78, 5) is 27.4. The van der Waals surface area contributed by atoms with E-state index in [2.05, 4.69) is 5.32 Å². The number of halogens is 1. The summed E-state index contributed by atoms with van der Waals surface area (Å²) >= 11 is 0. The third-order valence-electron chi connectivity index (χ3n) is 7.99. The summed E-state index contributed by atoms with van der Waals surface area (Å²) in [6.45, 7) is 12.9. The largest absolute Gasteiger partial charge is 0.508 e. The molecular formula is C40H47FN2O6. The maximum Gasteiger partial charge on any atom is 0.308 e. The maximum absolute atomic E-state index is 14.6. The molecule has 4 aromatic rings. The summed E-state index contributed by atoms with van der Waals surface area (Å²) in [6, 6.07) is 8.68. The summed E-state index contributed by atoms with van der Waals surface area (Å²) in [5.74, 6) is -2.93. The first-order valence-electron chi connectivity index (χ1n) is 18.9. The normalized spacial score (nSPS) is 19.0. The minimum Gasteiger partial charge on any atom is -0.508 e. The Morgan fingerprint density at radius 3 is 2.27 bits per heavy atom. The zero-order chi connectivity index (χ0) is 39.9. The van der Waals surface area contributed by atoms with Gasteiger partial charge < -0.3 is 29.2 Å². The number of phenols is 1. The van der Waals surface area contributed by atoms with Gasteiger partial charge in [-0.15, -0.1) is 0 Å². The van der Waals surface area contributed by atoms with Crippen molar-refractivity contribution in [2.75, 3.05) is 5.32 Å². The molecule has 2 atom stereocenters. The number of nitrogens with zero attached hydrogens (tertiary/aromatic N) is 1. The molecular weight excluding hydrogens is 623 g/mol. The van der Waals surface area contributed by atoms with Crippen LogP contribution >= 0.6 is 0 Å². The molecule has 9 heteroatoms. The fourth-order valence-corrected chi connectivity index (χ4v) is 6.33. The van der Waals surface area contributed by atoms with Gasteiger partial charge in [0.25, 0.3) is 5.91 Å². The summed E-state index contributed by atoms with van der Waals surface area (Å²) in [5.41, 5.74) is 0.970. The standard InChI is InChI=1S/C40H47FN2O6/c1-25(2)36-35(38(46)42-29-17-19-30(44)20-18-29)34(26-11-9-8-10-12-26)37(27-13-15-28(41)16-14-27)43(36)22-21-31-23-32(48-40(6,7)47-31)24-33(45)49-39(3,4)5/h8-20,25,31-32,44H,21-24H2,1-7H3,(H,42,46)/t31-,32-/m1/s1/i8D,9D,10D,11D,12D. The number of esters is 1. The molecule has 260 valence electrons. The maximum atomic E-state index is 14.6. The van der Waals surface area contributed by atoms with Crippen LogP contribution in [0.4, 0.5) is 10.1 Å². The third-order valence-corrected chi connectivity index (χ3v) is 7.99. The molecule has 1 aliphatic rings. The highest BCUT2D eigenvalue weighted by molar-refractivity contribution is 6.12. The Kier molecular flexibility index (Phi) is 8.75. The molecule has 3 aromatic carbocycles. The first kappa shape index (κ1) is 29.4. The Bertz CT molecular complexity index is 2010. The Morgan fingerprint density at radius 2 is 1.65 bits per heavy atom. The highest BCUT2D eigenvalue weighted by Gasteiger charge is 2.38. The van der Waals surface area contributed by atoms with Gasteiger partial charge in [-0.25, -0.2) is 4.39 Å². The Hall–Kier alpha value is -4.47. The van der Waals surface area contributed by atoms with Crippen molar-refractivity contribution in [3.63, 3.8) is 0 Å². The average Bonchev–Trinajstić information content (AvgIpc) is 3.40. The van der Waals surface area contributed by atoms with Crippen molar-refractivity contribution in [2.45, 2.75) is 104 Å². The first-order valence-corrected chi connectivity index (χ1v) is 16.4. The van der Waals surface area contributed by atoms with Crippen molar-refractivity contribution in [3.8, 4) is 28.1 Å². The van der Waals surface area contributed by atoms with E-state index in [1.165, 1.54) is 48.5 Å². The SMILES string of the molecule is [2H]c1c([2H])c([2H])c(-c2c(C(=O)Nc3ccc(O)cc3)c(C(C)C)n(CC[C@@H]3C[C@H](CC(=O)OC(C)(C)C)OC(C)(C)O3)c2-c2ccc(F)cc2)c([2H])c1[2H]. The number of aromatic hydroxyl groups is 1. The van der Waals surface area contributed by atoms with E-state index in [0.717, 1.165) is 0 Å². The van der Waals surface area contributed by atoms with Crippen LogP contribution in [0.5, 0.6) is 5.75 Å². The van der Waals surface area contributed by atoms with Gasteiger partial charge in [0.05, 0.1) is 36.7 Å². The molecule has 0 spiro atoms. The number of carbonyl (C=O) groups is 2. The topological polar surface area (TPSA) is 99.0 Å². The van der Waals surface area contributed by atoms with Crippen molar-refractivity contribution in [1.29, 1.82) is 0 Å². The lowest BCUT2D eigenvalue weighted by Gasteiger charge is -2.41. The molecule has 5 rings (SSSR count). The van der Waals surface area contributed by atoms with Crippen molar-refractivity contribution >= 4 is 17.6 Å². The molecule has 0 saturated carbocycles. The van der Waals surface area contributed by atoms with Crippen molar-refractivity contribution in [1.82, 2.24) is 4.57 Å². The van der Waals surface area contributed by atoms with E-state index in [9.17, 15) is 19.1 Å². The quantitative estimate of drug-likeness (QED) is 0.129. The number of phenolic OH excluding ortho intramolecular Hbond substituents is 1. The molecule has 1 fully saturated rings. The number of hydrogen-bond acceptors (Lipinski definition) is 6. The van der Waals surface area contributed by atoms with Crippen LogP contribution in [0.1, 0.15) is 96.6 Å². The smallest absolute Gasteiger partial charge is 0.308 e. The van der Waals surface area contributed by atoms with E-state index in [-0.39, 0.29) is 41.3 Å². The van der Waals surface area contributed by atoms with E-state index in [1.54, 1.807) is 34.6 Å². The Labute approximate surface area is 295 Å². The Balaban J connectivity index is 1.72. The van der Waals surface area contributed by atoms with Gasteiger partial charge in [-0.05, 0) is 107 Å². The van der Waals surface area contributed by atoms with Crippen LogP contribution in [0.25, 0.3) is 22.4 Å². The number of amides is 1. The van der Waals surface area contributed by atoms with E-state index in [0.29, 0.717) is 35.5 Å². The van der Waals surface area contributed by atoms with Crippen molar-refractivity contribution in [3.05, 3.63) is 95.8 Å². The monoisotopic (exact) mass is 675 g/mol. The summed E-state index contributed by atoms with van der Waals surface area (Å²) in [7, 11) is 0. The van der Waals surface area contributed by atoms with E-state index >= 15 is 0 Å². The lowest BCUT2D eigenvalue weighted by molar-refractivity contribution is -0.301. The van der Waals surface area contributed by atoms with E-state index in [1.807, 2.05) is 18.4 Å². The molecule has 0 unspecified atom stereocenters. The van der Waals surface area contributed by atoms with Crippen molar-refractivity contribution in [2.24, 2.45) is 0 Å². The average molecular weight is 676 g/mol. The van der Waals surface area contributed by atoms with Crippen LogP contribution in [0.2, 0.25) is 0 Å². The van der Waals surface area contributed by atoms with Crippen LogP contribution in [-0.2, 0) is 25.5 Å². The molecule has 49 heavy (non-hydrogen) atoms. The van der Waals surface area contributed by atoms with Gasteiger partial charge in [-0.1, -0.05) is 44.1 Å². The van der Waals surface area contributed by atoms with E-state index in [4.69, 9.17) is 21.1 Å². The van der Waals surface area contributed by atoms with Gasteiger partial charge in [0, 0.05) is 29.9 Å². The molecule has 0 aliphatic carbocycles. The number of hydrogen-bond donors (Lipinski definition) is 2. The lowest BCUT2D eigenvalue weighted by Crippen LogP contribution is -2.46. The number of nitrogens with one attached hydrogen (secondary N) is 1. The van der Waals surface area contributed by atoms with Crippen LogP contribution in [-0.4, -0.2) is 45.1 Å². The minimum absolute atomic E-state index is 0.00715. The van der Waals surface area contributed by atoms with Crippen LogP contribution < -0.4 is 5.32 Å². The van der Waals surface area contributed by atoms with Gasteiger partial charge in [-0.3, -0.25) is 9.59 Å². The molecule has 1 amide bonds. The first-order chi connectivity index (χ1) is 25.2. The number of rotatable bonds is 10. The highest BCUT2D eigenvalue weighted by Crippen LogP contribution is 2.43. The second-order valence-electron chi connectivity index (χ2n) is 14.0. The molecule has 8 nitrogen and oxygen atoms in total. The number of ether oxygens (including phenoxy) is 3. The molecule has 0 bridgehead atoms. The highest BCUT2D eigenvalue weighted by atomic mass is 19.1. The summed E-state index contributed by atoms with van der Waals surface area (Å²) in [6.07, 6.45) is -0.199. The second kappa shape index (κ2) is 14.6. The number of anilines is 1. The zero-order valence-corrected chi connectivity index (χ0v) is 29.0.